The van der Waals surface area contributed by atoms with E-state index in [0.717, 1.165) is 5.71 Å². The molecule has 0 aromatic rings. The van der Waals surface area contributed by atoms with Gasteiger partial charge >= 0.3 is 0 Å². The number of rotatable bonds is 0. The van der Waals surface area contributed by atoms with Crippen LogP contribution in [0.1, 0.15) is 6.92 Å². The molecule has 0 bridgehead atoms. The predicted molar refractivity (Wildman–Crippen MR) is 41.1 cm³/mol. The second-order valence-corrected chi connectivity index (χ2v) is 2.15. The van der Waals surface area contributed by atoms with Crippen LogP contribution in [-0.4, -0.2) is 10.7 Å². The van der Waals surface area contributed by atoms with Gasteiger partial charge in [0.1, 0.15) is 10.8 Å². The molecule has 0 amide bonds. The van der Waals surface area contributed by atoms with Crippen molar-refractivity contribution in [3.63, 3.8) is 0 Å². The molecule has 4 heteroatoms. The maximum Gasteiger partial charge on any atom is 0.128 e. The number of hydrazone groups is 1. The molecule has 0 spiro atoms. The van der Waals surface area contributed by atoms with Gasteiger partial charge in [-0.25, -0.2) is 0 Å². The fourth-order valence-electron chi connectivity index (χ4n) is 0.458. The maximum atomic E-state index is 4.86. The minimum absolute atomic E-state index is 0.630. The van der Waals surface area contributed by atoms with Crippen molar-refractivity contribution in [1.82, 2.24) is 10.7 Å². The Kier molecular flexibility index (Phi) is 1.48. The molecule has 0 saturated carbocycles. The minimum atomic E-state index is 0.630. The Labute approximate surface area is 58.8 Å². The highest BCUT2D eigenvalue weighted by Crippen LogP contribution is 1.90. The average molecular weight is 141 g/mol. The Balaban J connectivity index is 2.79. The van der Waals surface area contributed by atoms with Crippen LogP contribution in [-0.2, 0) is 0 Å². The molecule has 0 fully saturated rings. The van der Waals surface area contributed by atoms with Crippen LogP contribution in [0.3, 0.4) is 0 Å². The van der Waals surface area contributed by atoms with Gasteiger partial charge in [-0.3, -0.25) is 5.43 Å². The zero-order valence-corrected chi connectivity index (χ0v) is 5.88. The summed E-state index contributed by atoms with van der Waals surface area (Å²) in [5.74, 6) is 0.630. The van der Waals surface area contributed by atoms with E-state index in [2.05, 4.69) is 22.4 Å². The molecule has 1 aliphatic rings. The Morgan fingerprint density at radius 3 is 2.78 bits per heavy atom. The van der Waals surface area contributed by atoms with Crippen LogP contribution in [0.15, 0.2) is 17.5 Å². The minimum Gasteiger partial charge on any atom is -0.331 e. The fourth-order valence-corrected chi connectivity index (χ4v) is 0.626. The summed E-state index contributed by atoms with van der Waals surface area (Å²) in [5, 5.41) is 6.68. The lowest BCUT2D eigenvalue weighted by atomic mass is 10.4. The lowest BCUT2D eigenvalue weighted by Gasteiger charge is -2.14. The number of nitrogens with one attached hydrogen (secondary N) is 2. The van der Waals surface area contributed by atoms with Gasteiger partial charge in [0.2, 0.25) is 0 Å². The van der Waals surface area contributed by atoms with Gasteiger partial charge in [-0.05, 0) is 6.92 Å². The highest BCUT2D eigenvalue weighted by atomic mass is 32.1. The standard InChI is InChI=1S/C5H7N3S/c1-3-5(9)6-4(2)8-7-3/h8H,2H2,1H3,(H,6,9). The van der Waals surface area contributed by atoms with Crippen LogP contribution in [0.4, 0.5) is 0 Å². The van der Waals surface area contributed by atoms with Gasteiger partial charge in [-0.1, -0.05) is 18.8 Å². The molecule has 0 aromatic heterocycles. The molecule has 1 aliphatic heterocycles. The molecule has 0 atom stereocenters. The molecule has 0 aromatic carbocycles. The van der Waals surface area contributed by atoms with Gasteiger partial charge in [0.15, 0.2) is 0 Å². The quantitative estimate of drug-likeness (QED) is 0.478. The van der Waals surface area contributed by atoms with Gasteiger partial charge in [0.05, 0.1) is 5.71 Å². The van der Waals surface area contributed by atoms with Crippen molar-refractivity contribution in [2.75, 3.05) is 0 Å². The van der Waals surface area contributed by atoms with Gasteiger partial charge in [-0.2, -0.15) is 5.10 Å². The summed E-state index contributed by atoms with van der Waals surface area (Å²) in [4.78, 5) is 0.638. The van der Waals surface area contributed by atoms with Crippen LogP contribution in [0.5, 0.6) is 0 Å². The first kappa shape index (κ1) is 6.22. The van der Waals surface area contributed by atoms with E-state index < -0.39 is 0 Å². The molecule has 1 heterocycles. The van der Waals surface area contributed by atoms with E-state index in [0.29, 0.717) is 10.8 Å². The van der Waals surface area contributed by atoms with E-state index in [1.807, 2.05) is 6.92 Å². The molecule has 2 N–H and O–H groups in total. The summed E-state index contributed by atoms with van der Waals surface area (Å²) < 4.78 is 0. The lowest BCUT2D eigenvalue weighted by molar-refractivity contribution is 0.819. The summed E-state index contributed by atoms with van der Waals surface area (Å²) in [6.45, 7) is 5.41. The first-order valence-corrected chi connectivity index (χ1v) is 2.91. The predicted octanol–water partition coefficient (Wildman–Crippen LogP) is 0.354. The largest absolute Gasteiger partial charge is 0.331 e. The van der Waals surface area contributed by atoms with E-state index >= 15 is 0 Å². The van der Waals surface area contributed by atoms with E-state index in [9.17, 15) is 0 Å². The highest BCUT2D eigenvalue weighted by molar-refractivity contribution is 7.82. The number of nitrogens with zero attached hydrogens (tertiary/aromatic N) is 1. The third kappa shape index (κ3) is 1.26. The van der Waals surface area contributed by atoms with Crippen molar-refractivity contribution in [2.24, 2.45) is 5.10 Å². The van der Waals surface area contributed by atoms with Crippen LogP contribution < -0.4 is 10.7 Å². The first-order chi connectivity index (χ1) is 4.20. The van der Waals surface area contributed by atoms with Gasteiger partial charge in [0.25, 0.3) is 0 Å². The van der Waals surface area contributed by atoms with Crippen molar-refractivity contribution in [1.29, 1.82) is 0 Å². The van der Waals surface area contributed by atoms with Crippen molar-refractivity contribution in [3.8, 4) is 0 Å². The van der Waals surface area contributed by atoms with Crippen molar-refractivity contribution < 1.29 is 0 Å². The molecule has 0 saturated heterocycles. The Hall–Kier alpha value is -0.900. The molecule has 9 heavy (non-hydrogen) atoms. The first-order valence-electron chi connectivity index (χ1n) is 2.50. The summed E-state index contributed by atoms with van der Waals surface area (Å²) in [5.41, 5.74) is 3.45. The second kappa shape index (κ2) is 2.14. The zero-order chi connectivity index (χ0) is 6.85. The van der Waals surface area contributed by atoms with Crippen molar-refractivity contribution in [3.05, 3.63) is 12.4 Å². The fraction of sp³-hybridized carbons (Fsp3) is 0.200. The summed E-state index contributed by atoms with van der Waals surface area (Å²) in [7, 11) is 0. The summed E-state index contributed by atoms with van der Waals surface area (Å²) in [6.07, 6.45) is 0. The SMILES string of the molecule is C=C1NN=C(C)C(=S)N1. The van der Waals surface area contributed by atoms with E-state index in [1.54, 1.807) is 0 Å². The Bertz CT molecular complexity index is 194. The van der Waals surface area contributed by atoms with Gasteiger partial charge in [0, 0.05) is 0 Å². The van der Waals surface area contributed by atoms with E-state index in [1.165, 1.54) is 0 Å². The van der Waals surface area contributed by atoms with Gasteiger partial charge < -0.3 is 5.32 Å². The van der Waals surface area contributed by atoms with Crippen LogP contribution >= 0.6 is 12.2 Å². The third-order valence-electron chi connectivity index (χ3n) is 0.952. The summed E-state index contributed by atoms with van der Waals surface area (Å²) in [6, 6.07) is 0. The normalized spacial score (nSPS) is 18.1. The Morgan fingerprint density at radius 1 is 1.67 bits per heavy atom. The van der Waals surface area contributed by atoms with Crippen molar-refractivity contribution >= 4 is 22.9 Å². The monoisotopic (exact) mass is 141 g/mol. The lowest BCUT2D eigenvalue weighted by Crippen LogP contribution is -2.37. The number of hydrogen-bond acceptors (Lipinski definition) is 3. The Morgan fingerprint density at radius 2 is 2.33 bits per heavy atom. The molecular formula is C5H7N3S. The molecule has 1 rings (SSSR count). The topological polar surface area (TPSA) is 36.4 Å². The van der Waals surface area contributed by atoms with Crippen LogP contribution in [0, 0.1) is 0 Å². The highest BCUT2D eigenvalue weighted by Gasteiger charge is 2.06. The zero-order valence-electron chi connectivity index (χ0n) is 5.06. The molecule has 0 radical (unpaired) electrons. The average Bonchev–Trinajstić information content (AvgIpc) is 1.80. The molecular weight excluding hydrogens is 134 g/mol. The molecule has 0 unspecified atom stereocenters. The molecule has 0 aliphatic carbocycles. The smallest absolute Gasteiger partial charge is 0.128 e. The van der Waals surface area contributed by atoms with Crippen LogP contribution in [0.25, 0.3) is 0 Å². The number of thiocarbonyl (C=S) groups is 1. The molecule has 3 nitrogen and oxygen atoms in total. The van der Waals surface area contributed by atoms with Crippen LogP contribution in [0.2, 0.25) is 0 Å². The number of hydrogen-bond donors (Lipinski definition) is 2. The molecule has 48 valence electrons. The van der Waals surface area contributed by atoms with E-state index in [-0.39, 0.29) is 0 Å². The second-order valence-electron chi connectivity index (χ2n) is 1.74. The van der Waals surface area contributed by atoms with Crippen molar-refractivity contribution in [2.45, 2.75) is 6.92 Å². The van der Waals surface area contributed by atoms with Gasteiger partial charge in [-0.15, -0.1) is 0 Å². The third-order valence-corrected chi connectivity index (χ3v) is 1.35. The summed E-state index contributed by atoms with van der Waals surface area (Å²) >= 11 is 4.86. The van der Waals surface area contributed by atoms with E-state index in [4.69, 9.17) is 12.2 Å². The maximum absolute atomic E-state index is 4.86.